The molecule has 19 heavy (non-hydrogen) atoms. The van der Waals surface area contributed by atoms with Crippen molar-refractivity contribution in [1.82, 2.24) is 10.6 Å². The normalized spacial score (nSPS) is 21.6. The van der Waals surface area contributed by atoms with Crippen LogP contribution in [0.5, 0.6) is 0 Å². The Kier molecular flexibility index (Phi) is 3.72. The van der Waals surface area contributed by atoms with Crippen molar-refractivity contribution in [1.29, 1.82) is 0 Å². The number of hydrogen-bond acceptors (Lipinski definition) is 3. The third-order valence-corrected chi connectivity index (χ3v) is 2.51. The fraction of sp³-hybridized carbons (Fsp3) is 0.0769. The number of carbonyl (C=O) groups excluding carboxylic acids is 2. The minimum Gasteiger partial charge on any atom is -0.369 e. The number of aliphatic hydroxyl groups excluding tert-OH is 1. The minimum absolute atomic E-state index is 0.0211. The highest BCUT2D eigenvalue weighted by atomic mass is 19.1. The molecule has 0 aromatic heterocycles. The summed E-state index contributed by atoms with van der Waals surface area (Å²) in [5.74, 6) is -1.08. The van der Waals surface area contributed by atoms with Crippen molar-refractivity contribution in [2.75, 3.05) is 0 Å². The molecule has 1 heterocycles. The number of rotatable bonds is 2. The van der Waals surface area contributed by atoms with E-state index < -0.39 is 18.2 Å². The van der Waals surface area contributed by atoms with Gasteiger partial charge in [0, 0.05) is 5.56 Å². The fourth-order valence-electron chi connectivity index (χ4n) is 1.57. The van der Waals surface area contributed by atoms with Gasteiger partial charge < -0.3 is 10.4 Å². The van der Waals surface area contributed by atoms with Gasteiger partial charge in [0.1, 0.15) is 5.82 Å². The number of nitrogens with one attached hydrogen (secondary N) is 2. The standard InChI is InChI=1S/C13H11FN2O3/c14-10-7-2-1-4-8(10)5-3-6-9-11(17)15-13(19)16-12(9)18/h1-7,11,17H,(H2,15,16,18,19)/b5-3+,9-6+. The lowest BCUT2D eigenvalue weighted by Gasteiger charge is -2.20. The number of hydrogen-bond donors (Lipinski definition) is 3. The Balaban J connectivity index is 2.16. The van der Waals surface area contributed by atoms with E-state index in [9.17, 15) is 19.1 Å². The van der Waals surface area contributed by atoms with Crippen molar-refractivity contribution in [3.8, 4) is 0 Å². The van der Waals surface area contributed by atoms with E-state index in [1.165, 1.54) is 24.3 Å². The number of amides is 3. The molecule has 5 nitrogen and oxygen atoms in total. The van der Waals surface area contributed by atoms with Gasteiger partial charge in [-0.3, -0.25) is 10.1 Å². The summed E-state index contributed by atoms with van der Waals surface area (Å²) in [5, 5.41) is 13.6. The molecule has 1 aromatic carbocycles. The molecule has 0 aliphatic carbocycles. The SMILES string of the molecule is O=C1NC(=O)/C(=C/C=C/c2ccccc2F)C(O)N1. The zero-order chi connectivity index (χ0) is 13.8. The predicted octanol–water partition coefficient (Wildman–Crippen LogP) is 0.923. The second-order valence-corrected chi connectivity index (χ2v) is 3.83. The van der Waals surface area contributed by atoms with Crippen LogP contribution in [-0.2, 0) is 4.79 Å². The highest BCUT2D eigenvalue weighted by Gasteiger charge is 2.27. The van der Waals surface area contributed by atoms with E-state index in [0.29, 0.717) is 5.56 Å². The quantitative estimate of drug-likeness (QED) is 0.693. The monoisotopic (exact) mass is 262 g/mol. The highest BCUT2D eigenvalue weighted by molar-refractivity contribution is 6.07. The van der Waals surface area contributed by atoms with E-state index in [1.807, 2.05) is 5.32 Å². The van der Waals surface area contributed by atoms with Crippen LogP contribution in [0.3, 0.4) is 0 Å². The van der Waals surface area contributed by atoms with Crippen molar-refractivity contribution in [2.24, 2.45) is 0 Å². The third-order valence-electron chi connectivity index (χ3n) is 2.51. The van der Waals surface area contributed by atoms with Crippen LogP contribution in [0.4, 0.5) is 9.18 Å². The molecule has 0 spiro atoms. The van der Waals surface area contributed by atoms with Crippen LogP contribution in [0, 0.1) is 5.82 Å². The number of imide groups is 1. The number of halogens is 1. The summed E-state index contributed by atoms with van der Waals surface area (Å²) in [6.07, 6.45) is 2.82. The molecule has 3 N–H and O–H groups in total. The van der Waals surface area contributed by atoms with Gasteiger partial charge in [0.2, 0.25) is 0 Å². The second-order valence-electron chi connectivity index (χ2n) is 3.83. The van der Waals surface area contributed by atoms with E-state index in [2.05, 4.69) is 5.32 Å². The average molecular weight is 262 g/mol. The van der Waals surface area contributed by atoms with Crippen LogP contribution in [0.25, 0.3) is 6.08 Å². The summed E-state index contributed by atoms with van der Waals surface area (Å²) in [7, 11) is 0. The largest absolute Gasteiger partial charge is 0.369 e. The Labute approximate surface area is 108 Å². The van der Waals surface area contributed by atoms with Gasteiger partial charge in [0.25, 0.3) is 5.91 Å². The van der Waals surface area contributed by atoms with Crippen molar-refractivity contribution < 1.29 is 19.1 Å². The van der Waals surface area contributed by atoms with Crippen LogP contribution < -0.4 is 10.6 Å². The highest BCUT2D eigenvalue weighted by Crippen LogP contribution is 2.10. The van der Waals surface area contributed by atoms with E-state index >= 15 is 0 Å². The van der Waals surface area contributed by atoms with Gasteiger partial charge in [-0.1, -0.05) is 30.4 Å². The molecule has 98 valence electrons. The number of carbonyl (C=O) groups is 2. The number of allylic oxidation sites excluding steroid dienone is 2. The molecule has 1 saturated heterocycles. The third kappa shape index (κ3) is 3.05. The molecule has 1 fully saturated rings. The summed E-state index contributed by atoms with van der Waals surface area (Å²) in [6, 6.07) is 5.38. The van der Waals surface area contributed by atoms with E-state index in [4.69, 9.17) is 0 Å². The first-order valence-electron chi connectivity index (χ1n) is 5.50. The second kappa shape index (κ2) is 5.45. The molecule has 1 unspecified atom stereocenters. The Hall–Kier alpha value is -2.47. The minimum atomic E-state index is -1.37. The number of benzene rings is 1. The van der Waals surface area contributed by atoms with Crippen LogP contribution in [-0.4, -0.2) is 23.3 Å². The van der Waals surface area contributed by atoms with E-state index in [-0.39, 0.29) is 11.4 Å². The number of aliphatic hydroxyl groups is 1. The van der Waals surface area contributed by atoms with Gasteiger partial charge in [-0.25, -0.2) is 9.18 Å². The molecular formula is C13H11FN2O3. The predicted molar refractivity (Wildman–Crippen MR) is 66.2 cm³/mol. The zero-order valence-corrected chi connectivity index (χ0v) is 9.76. The van der Waals surface area contributed by atoms with Gasteiger partial charge in [-0.15, -0.1) is 0 Å². The van der Waals surface area contributed by atoms with E-state index in [1.54, 1.807) is 18.2 Å². The van der Waals surface area contributed by atoms with Crippen molar-refractivity contribution in [3.05, 3.63) is 53.4 Å². The first kappa shape index (κ1) is 13.0. The molecule has 2 rings (SSSR count). The van der Waals surface area contributed by atoms with Crippen LogP contribution >= 0.6 is 0 Å². The van der Waals surface area contributed by atoms with Gasteiger partial charge in [-0.2, -0.15) is 0 Å². The molecule has 1 atom stereocenters. The van der Waals surface area contributed by atoms with Gasteiger partial charge in [0.15, 0.2) is 6.23 Å². The first-order valence-corrected chi connectivity index (χ1v) is 5.50. The molecule has 0 saturated carbocycles. The first-order chi connectivity index (χ1) is 9.08. The molecule has 6 heteroatoms. The van der Waals surface area contributed by atoms with Crippen LogP contribution in [0.1, 0.15) is 5.56 Å². The van der Waals surface area contributed by atoms with E-state index in [0.717, 1.165) is 0 Å². The van der Waals surface area contributed by atoms with Crippen molar-refractivity contribution >= 4 is 18.0 Å². The smallest absolute Gasteiger partial charge is 0.323 e. The lowest BCUT2D eigenvalue weighted by Crippen LogP contribution is -2.53. The lowest BCUT2D eigenvalue weighted by molar-refractivity contribution is -0.118. The Bertz CT molecular complexity index is 581. The molecule has 1 aliphatic rings. The molecule has 3 amide bonds. The van der Waals surface area contributed by atoms with Crippen LogP contribution in [0.15, 0.2) is 42.0 Å². The molecule has 1 aliphatic heterocycles. The topological polar surface area (TPSA) is 78.4 Å². The maximum atomic E-state index is 13.3. The lowest BCUT2D eigenvalue weighted by atomic mass is 10.1. The Morgan fingerprint density at radius 2 is 2.00 bits per heavy atom. The molecule has 0 radical (unpaired) electrons. The number of urea groups is 1. The van der Waals surface area contributed by atoms with Gasteiger partial charge in [0.05, 0.1) is 5.57 Å². The molecular weight excluding hydrogens is 251 g/mol. The zero-order valence-electron chi connectivity index (χ0n) is 9.76. The van der Waals surface area contributed by atoms with Gasteiger partial charge >= 0.3 is 6.03 Å². The van der Waals surface area contributed by atoms with Crippen molar-refractivity contribution in [3.63, 3.8) is 0 Å². The molecule has 0 bridgehead atoms. The Morgan fingerprint density at radius 3 is 2.68 bits per heavy atom. The molecule has 1 aromatic rings. The summed E-state index contributed by atoms with van der Waals surface area (Å²) < 4.78 is 13.3. The summed E-state index contributed by atoms with van der Waals surface area (Å²) in [6.45, 7) is 0. The summed E-state index contributed by atoms with van der Waals surface area (Å²) in [4.78, 5) is 22.3. The summed E-state index contributed by atoms with van der Waals surface area (Å²) >= 11 is 0. The fourth-order valence-corrected chi connectivity index (χ4v) is 1.57. The average Bonchev–Trinajstić information content (AvgIpc) is 2.34. The maximum Gasteiger partial charge on any atom is 0.323 e. The van der Waals surface area contributed by atoms with Gasteiger partial charge in [-0.05, 0) is 12.1 Å². The van der Waals surface area contributed by atoms with Crippen molar-refractivity contribution in [2.45, 2.75) is 6.23 Å². The summed E-state index contributed by atoms with van der Waals surface area (Å²) in [5.41, 5.74) is 0.335. The maximum absolute atomic E-state index is 13.3. The van der Waals surface area contributed by atoms with Crippen LogP contribution in [0.2, 0.25) is 0 Å². The Morgan fingerprint density at radius 1 is 1.26 bits per heavy atom.